The van der Waals surface area contributed by atoms with Gasteiger partial charge in [-0.3, -0.25) is 14.6 Å². The monoisotopic (exact) mass is 536 g/mol. The third-order valence-corrected chi connectivity index (χ3v) is 10.2. The summed E-state index contributed by atoms with van der Waals surface area (Å²) in [7, 11) is 0. The molecule has 1 saturated carbocycles. The lowest BCUT2D eigenvalue weighted by atomic mass is 9.55. The van der Waals surface area contributed by atoms with Gasteiger partial charge in [-0.25, -0.2) is 8.78 Å². The highest BCUT2D eigenvalue weighted by Crippen LogP contribution is 2.56. The van der Waals surface area contributed by atoms with Crippen molar-refractivity contribution in [2.24, 2.45) is 23.2 Å². The number of hydrogen-bond acceptors (Lipinski definition) is 5. The molecule has 7 heteroatoms. The maximum absolute atomic E-state index is 13.7. The van der Waals surface area contributed by atoms with Crippen LogP contribution in [0.3, 0.4) is 0 Å². The summed E-state index contributed by atoms with van der Waals surface area (Å²) in [5.41, 5.74) is 2.87. The second-order valence-corrected chi connectivity index (χ2v) is 12.1. The molecule has 0 bridgehead atoms. The number of fused-ring (bicyclic) bond motifs is 2. The predicted octanol–water partition coefficient (Wildman–Crippen LogP) is 4.96. The Morgan fingerprint density at radius 3 is 2.18 bits per heavy atom. The Balaban J connectivity index is 1.17. The third-order valence-electron chi connectivity index (χ3n) is 10.2. The number of hydrogen-bond donors (Lipinski definition) is 1. The molecular formula is C32H38F2N2O3. The predicted molar refractivity (Wildman–Crippen MR) is 145 cm³/mol. The van der Waals surface area contributed by atoms with E-state index in [4.69, 9.17) is 4.74 Å². The molecule has 1 N–H and O–H groups in total. The zero-order chi connectivity index (χ0) is 27.3. The molecule has 2 saturated heterocycles. The van der Waals surface area contributed by atoms with E-state index in [-0.39, 0.29) is 47.0 Å². The lowest BCUT2D eigenvalue weighted by molar-refractivity contribution is -0.145. The molecule has 2 aromatic rings. The van der Waals surface area contributed by atoms with Crippen molar-refractivity contribution in [1.82, 2.24) is 9.80 Å². The van der Waals surface area contributed by atoms with Gasteiger partial charge in [-0.05, 0) is 54.2 Å². The smallest absolute Gasteiger partial charge is 0.311 e. The van der Waals surface area contributed by atoms with E-state index in [0.717, 1.165) is 56.6 Å². The van der Waals surface area contributed by atoms with E-state index in [1.54, 1.807) is 24.3 Å². The van der Waals surface area contributed by atoms with Gasteiger partial charge in [0, 0.05) is 50.5 Å². The van der Waals surface area contributed by atoms with Crippen molar-refractivity contribution in [2.45, 2.75) is 51.4 Å². The number of allylic oxidation sites excluding steroid dienone is 1. The first-order chi connectivity index (χ1) is 18.8. The number of nitrogens with zero attached hydrogens (tertiary/aromatic N) is 2. The minimum Gasteiger partial charge on any atom is -0.461 e. The number of carbonyl (C=O) groups is 1. The highest BCUT2D eigenvalue weighted by molar-refractivity contribution is 5.76. The molecule has 0 unspecified atom stereocenters. The average Bonchev–Trinajstić information content (AvgIpc) is 3.23. The molecule has 208 valence electrons. The Hall–Kier alpha value is -2.61. The van der Waals surface area contributed by atoms with Crippen LogP contribution in [0.25, 0.3) is 0 Å². The lowest BCUT2D eigenvalue weighted by Gasteiger charge is -2.52. The van der Waals surface area contributed by atoms with E-state index in [2.05, 4.69) is 29.7 Å². The quantitative estimate of drug-likeness (QED) is 0.433. The summed E-state index contributed by atoms with van der Waals surface area (Å²) in [6, 6.07) is 12.9. The van der Waals surface area contributed by atoms with Crippen molar-refractivity contribution < 1.29 is 23.4 Å². The van der Waals surface area contributed by atoms with Gasteiger partial charge in [-0.15, -0.1) is 0 Å². The maximum Gasteiger partial charge on any atom is 0.311 e. The number of carbonyl (C=O) groups excluding carboxylic acids is 1. The molecule has 3 fully saturated rings. The maximum atomic E-state index is 13.7. The number of halogens is 2. The second-order valence-electron chi connectivity index (χ2n) is 12.1. The van der Waals surface area contributed by atoms with Crippen LogP contribution in [0, 0.1) is 34.8 Å². The van der Waals surface area contributed by atoms with Crippen molar-refractivity contribution in [3.8, 4) is 0 Å². The van der Waals surface area contributed by atoms with Crippen molar-refractivity contribution in [3.63, 3.8) is 0 Å². The Bertz CT molecular complexity index is 1180. The van der Waals surface area contributed by atoms with Gasteiger partial charge in [-0.1, -0.05) is 49.8 Å². The van der Waals surface area contributed by atoms with Crippen LogP contribution in [0.5, 0.6) is 0 Å². The minimum absolute atomic E-state index is 0.118. The first kappa shape index (κ1) is 26.6. The second kappa shape index (κ2) is 10.4. The fraction of sp³-hybridized carbons (Fsp3) is 0.531. The van der Waals surface area contributed by atoms with Gasteiger partial charge in [0.05, 0.1) is 18.1 Å². The van der Waals surface area contributed by atoms with E-state index in [0.29, 0.717) is 12.5 Å². The first-order valence-corrected chi connectivity index (χ1v) is 14.3. The van der Waals surface area contributed by atoms with E-state index in [1.165, 1.54) is 29.8 Å². The SMILES string of the molecule is C[C@H]1CCC=C2C[C@H]3OC(=O)[C@@H](CN4CCN(C(c5ccc(F)cc5)c5ccc(F)cc5)CC4)[C@H]3[C@H](O)[C@@]21C. The molecule has 0 amide bonds. The highest BCUT2D eigenvalue weighted by atomic mass is 19.1. The van der Waals surface area contributed by atoms with Crippen LogP contribution in [0.4, 0.5) is 8.78 Å². The van der Waals surface area contributed by atoms with E-state index in [1.807, 2.05) is 0 Å². The van der Waals surface area contributed by atoms with E-state index in [9.17, 15) is 18.7 Å². The normalized spacial score (nSPS) is 33.4. The van der Waals surface area contributed by atoms with Gasteiger partial charge in [0.2, 0.25) is 0 Å². The average molecular weight is 537 g/mol. The molecular weight excluding hydrogens is 498 g/mol. The highest BCUT2D eigenvalue weighted by Gasteiger charge is 2.59. The third kappa shape index (κ3) is 4.72. The fourth-order valence-electron chi connectivity index (χ4n) is 7.66. The molecule has 0 radical (unpaired) electrons. The topological polar surface area (TPSA) is 53.0 Å². The van der Waals surface area contributed by atoms with Gasteiger partial charge >= 0.3 is 5.97 Å². The van der Waals surface area contributed by atoms with Crippen molar-refractivity contribution in [3.05, 3.63) is 82.9 Å². The van der Waals surface area contributed by atoms with E-state index >= 15 is 0 Å². The summed E-state index contributed by atoms with van der Waals surface area (Å²) < 4.78 is 33.2. The number of aliphatic hydroxyl groups is 1. The van der Waals surface area contributed by atoms with Gasteiger partial charge in [0.15, 0.2) is 0 Å². The van der Waals surface area contributed by atoms with Crippen LogP contribution in [-0.2, 0) is 9.53 Å². The van der Waals surface area contributed by atoms with Gasteiger partial charge in [0.1, 0.15) is 17.7 Å². The standard InChI is InChI=1S/C32H38F2N2O3/c1-20-4-3-5-23-18-27-28(30(37)32(20,23)2)26(31(38)39-27)19-35-14-16-36(17-15-35)29(21-6-10-24(33)11-7-21)22-8-12-25(34)13-9-22/h5-13,20,26-30,37H,3-4,14-19H2,1-2H3/t20-,26-,27+,28+,30-,32+/m0/s1. The van der Waals surface area contributed by atoms with Crippen LogP contribution in [0.2, 0.25) is 0 Å². The van der Waals surface area contributed by atoms with E-state index < -0.39 is 6.10 Å². The molecule has 2 heterocycles. The van der Waals surface area contributed by atoms with Crippen LogP contribution in [-0.4, -0.2) is 65.8 Å². The van der Waals surface area contributed by atoms with Gasteiger partial charge in [0.25, 0.3) is 0 Å². The molecule has 6 rings (SSSR count). The van der Waals surface area contributed by atoms with Crippen molar-refractivity contribution in [2.75, 3.05) is 32.7 Å². The summed E-state index contributed by atoms with van der Waals surface area (Å²) in [4.78, 5) is 17.7. The molecule has 2 aromatic carbocycles. The van der Waals surface area contributed by atoms with Crippen LogP contribution in [0.15, 0.2) is 60.2 Å². The molecule has 0 aromatic heterocycles. The van der Waals surface area contributed by atoms with Gasteiger partial charge < -0.3 is 9.84 Å². The lowest BCUT2D eigenvalue weighted by Crippen LogP contribution is -2.55. The molecule has 4 aliphatic rings. The Morgan fingerprint density at radius 1 is 1.00 bits per heavy atom. The first-order valence-electron chi connectivity index (χ1n) is 14.3. The zero-order valence-electron chi connectivity index (χ0n) is 22.7. The molecule has 0 spiro atoms. The molecule has 39 heavy (non-hydrogen) atoms. The van der Waals surface area contributed by atoms with Gasteiger partial charge in [-0.2, -0.15) is 0 Å². The number of piperazine rings is 1. The number of rotatable bonds is 5. The molecule has 2 aliphatic heterocycles. The summed E-state index contributed by atoms with van der Waals surface area (Å²) in [5.74, 6) is -0.918. The number of aliphatic hydroxyl groups excluding tert-OH is 1. The fourth-order valence-corrected chi connectivity index (χ4v) is 7.66. The number of ether oxygens (including phenoxy) is 1. The summed E-state index contributed by atoms with van der Waals surface area (Å²) in [5, 5.41) is 11.7. The summed E-state index contributed by atoms with van der Waals surface area (Å²) in [6.07, 6.45) is 4.23. The minimum atomic E-state index is -0.600. The van der Waals surface area contributed by atoms with Crippen molar-refractivity contribution >= 4 is 5.97 Å². The van der Waals surface area contributed by atoms with Crippen molar-refractivity contribution in [1.29, 1.82) is 0 Å². The number of esters is 1. The molecule has 2 aliphatic carbocycles. The van der Waals surface area contributed by atoms with Crippen LogP contribution < -0.4 is 0 Å². The largest absolute Gasteiger partial charge is 0.461 e. The number of benzene rings is 2. The zero-order valence-corrected chi connectivity index (χ0v) is 22.7. The summed E-state index contributed by atoms with van der Waals surface area (Å²) in [6.45, 7) is 7.99. The van der Waals surface area contributed by atoms with Crippen LogP contribution in [0.1, 0.15) is 50.3 Å². The Morgan fingerprint density at radius 2 is 1.59 bits per heavy atom. The van der Waals surface area contributed by atoms with Crippen LogP contribution >= 0.6 is 0 Å². The summed E-state index contributed by atoms with van der Waals surface area (Å²) >= 11 is 0. The molecule has 6 atom stereocenters. The Kier molecular flexibility index (Phi) is 7.11. The Labute approximate surface area is 229 Å². The molecule has 5 nitrogen and oxygen atoms in total.